The second-order valence-corrected chi connectivity index (χ2v) is 3.89. The lowest BCUT2D eigenvalue weighted by atomic mass is 10.2. The van der Waals surface area contributed by atoms with Gasteiger partial charge in [-0.15, -0.1) is 0 Å². The highest BCUT2D eigenvalue weighted by Gasteiger charge is 2.09. The first-order valence-corrected chi connectivity index (χ1v) is 5.54. The van der Waals surface area contributed by atoms with Crippen LogP contribution < -0.4 is 5.32 Å². The number of aromatic carboxylic acids is 1. The summed E-state index contributed by atoms with van der Waals surface area (Å²) in [5.74, 6) is -0.312. The van der Waals surface area contributed by atoms with Crippen LogP contribution in [0.1, 0.15) is 27.6 Å². The molecule has 0 saturated carbocycles. The molecule has 0 bridgehead atoms. The molecule has 2 rings (SSSR count). The molecular weight excluding hydrogens is 246 g/mol. The van der Waals surface area contributed by atoms with E-state index in [0.717, 1.165) is 5.69 Å². The first-order valence-electron chi connectivity index (χ1n) is 5.54. The van der Waals surface area contributed by atoms with E-state index in [1.54, 1.807) is 18.2 Å². The fourth-order valence-electron chi connectivity index (χ4n) is 1.54. The number of nitriles is 1. The Kier molecular flexibility index (Phi) is 3.48. The molecule has 0 saturated heterocycles. The lowest BCUT2D eigenvalue weighted by Crippen LogP contribution is -2.03. The Balaban J connectivity index is 2.12. The highest BCUT2D eigenvalue weighted by molar-refractivity contribution is 5.84. The minimum Gasteiger partial charge on any atom is -0.475 e. The van der Waals surface area contributed by atoms with Crippen LogP contribution in [0.3, 0.4) is 0 Å². The number of aryl methyl sites for hydroxylation is 1. The predicted octanol–water partition coefficient (Wildman–Crippen LogP) is 2.17. The Hall–Kier alpha value is -2.81. The second kappa shape index (κ2) is 5.23. The van der Waals surface area contributed by atoms with Crippen LogP contribution in [0.15, 0.2) is 28.7 Å². The normalized spacial score (nSPS) is 9.89. The van der Waals surface area contributed by atoms with Crippen molar-refractivity contribution in [2.45, 2.75) is 13.5 Å². The molecule has 0 aliphatic carbocycles. The molecule has 0 atom stereocenters. The maximum atomic E-state index is 10.7. The van der Waals surface area contributed by atoms with Crippen molar-refractivity contribution in [3.05, 3.63) is 47.0 Å². The van der Waals surface area contributed by atoms with Crippen molar-refractivity contribution < 1.29 is 14.3 Å². The van der Waals surface area contributed by atoms with Gasteiger partial charge < -0.3 is 14.8 Å². The Labute approximate surface area is 109 Å². The molecule has 0 radical (unpaired) electrons. The summed E-state index contributed by atoms with van der Waals surface area (Å²) in [6.45, 7) is 2.08. The van der Waals surface area contributed by atoms with E-state index in [1.807, 2.05) is 13.0 Å². The van der Waals surface area contributed by atoms with Gasteiger partial charge in [-0.05, 0) is 31.2 Å². The van der Waals surface area contributed by atoms with E-state index in [-0.39, 0.29) is 12.3 Å². The zero-order valence-electron chi connectivity index (χ0n) is 10.2. The molecule has 0 aliphatic rings. The number of pyridine rings is 1. The maximum absolute atomic E-state index is 10.7. The van der Waals surface area contributed by atoms with Crippen molar-refractivity contribution in [2.75, 3.05) is 5.32 Å². The van der Waals surface area contributed by atoms with E-state index in [2.05, 4.69) is 10.3 Å². The summed E-state index contributed by atoms with van der Waals surface area (Å²) in [5.41, 5.74) is 1.21. The van der Waals surface area contributed by atoms with Gasteiger partial charge in [-0.3, -0.25) is 0 Å². The molecule has 0 amide bonds. The molecule has 0 aliphatic heterocycles. The minimum absolute atomic E-state index is 0.116. The SMILES string of the molecule is Cc1ccc(C#N)c(NCc2ccc(C(=O)O)o2)n1. The minimum atomic E-state index is -1.11. The number of furan rings is 1. The van der Waals surface area contributed by atoms with Crippen LogP contribution in [0.2, 0.25) is 0 Å². The monoisotopic (exact) mass is 257 g/mol. The van der Waals surface area contributed by atoms with Crippen LogP contribution >= 0.6 is 0 Å². The molecule has 0 unspecified atom stereocenters. The highest BCUT2D eigenvalue weighted by Crippen LogP contribution is 2.15. The third kappa shape index (κ3) is 2.90. The Morgan fingerprint density at radius 2 is 2.26 bits per heavy atom. The number of nitrogens with one attached hydrogen (secondary N) is 1. The van der Waals surface area contributed by atoms with Gasteiger partial charge in [0.15, 0.2) is 0 Å². The van der Waals surface area contributed by atoms with Gasteiger partial charge in [-0.1, -0.05) is 0 Å². The Bertz CT molecular complexity index is 655. The zero-order chi connectivity index (χ0) is 13.8. The summed E-state index contributed by atoms with van der Waals surface area (Å²) >= 11 is 0. The molecule has 2 aromatic rings. The van der Waals surface area contributed by atoms with E-state index < -0.39 is 5.97 Å². The average Bonchev–Trinajstić information content (AvgIpc) is 2.85. The smallest absolute Gasteiger partial charge is 0.371 e. The van der Waals surface area contributed by atoms with Gasteiger partial charge in [-0.2, -0.15) is 5.26 Å². The summed E-state index contributed by atoms with van der Waals surface area (Å²) in [7, 11) is 0. The predicted molar refractivity (Wildman–Crippen MR) is 66.7 cm³/mol. The lowest BCUT2D eigenvalue weighted by molar-refractivity contribution is 0.0660. The molecule has 19 heavy (non-hydrogen) atoms. The molecule has 0 fully saturated rings. The number of anilines is 1. The standard InChI is InChI=1S/C13H11N3O3/c1-8-2-3-9(6-14)12(16-8)15-7-10-4-5-11(19-10)13(17)18/h2-5H,7H2,1H3,(H,15,16)(H,17,18). The molecule has 0 aromatic carbocycles. The van der Waals surface area contributed by atoms with Gasteiger partial charge in [0.1, 0.15) is 17.6 Å². The quantitative estimate of drug-likeness (QED) is 0.870. The van der Waals surface area contributed by atoms with Crippen LogP contribution in [0.25, 0.3) is 0 Å². The number of carboxylic acid groups (broad SMARTS) is 1. The summed E-state index contributed by atoms with van der Waals surface area (Å²) in [5, 5.41) is 20.6. The summed E-state index contributed by atoms with van der Waals surface area (Å²) in [6, 6.07) is 8.41. The van der Waals surface area contributed by atoms with Gasteiger partial charge in [0, 0.05) is 5.69 Å². The van der Waals surface area contributed by atoms with Crippen LogP contribution in [-0.2, 0) is 6.54 Å². The van der Waals surface area contributed by atoms with Crippen molar-refractivity contribution in [1.29, 1.82) is 5.26 Å². The molecule has 96 valence electrons. The molecule has 6 heteroatoms. The molecule has 2 N–H and O–H groups in total. The number of carboxylic acids is 1. The van der Waals surface area contributed by atoms with E-state index in [9.17, 15) is 4.79 Å². The van der Waals surface area contributed by atoms with Crippen LogP contribution in [0, 0.1) is 18.3 Å². The van der Waals surface area contributed by atoms with Crippen LogP contribution in [-0.4, -0.2) is 16.1 Å². The average molecular weight is 257 g/mol. The van der Waals surface area contributed by atoms with Crippen LogP contribution in [0.4, 0.5) is 5.82 Å². The molecule has 0 spiro atoms. The van der Waals surface area contributed by atoms with Gasteiger partial charge in [0.05, 0.1) is 12.1 Å². The molecular formula is C13H11N3O3. The first kappa shape index (κ1) is 12.6. The third-order valence-corrected chi connectivity index (χ3v) is 2.46. The lowest BCUT2D eigenvalue weighted by Gasteiger charge is -2.06. The van der Waals surface area contributed by atoms with Crippen molar-refractivity contribution in [1.82, 2.24) is 4.98 Å². The second-order valence-electron chi connectivity index (χ2n) is 3.89. The van der Waals surface area contributed by atoms with Crippen molar-refractivity contribution in [2.24, 2.45) is 0 Å². The molecule has 2 aromatic heterocycles. The van der Waals surface area contributed by atoms with Gasteiger partial charge in [0.25, 0.3) is 0 Å². The van der Waals surface area contributed by atoms with Crippen molar-refractivity contribution in [3.63, 3.8) is 0 Å². The van der Waals surface area contributed by atoms with Gasteiger partial charge in [0.2, 0.25) is 5.76 Å². The summed E-state index contributed by atoms with van der Waals surface area (Å²) < 4.78 is 5.10. The van der Waals surface area contributed by atoms with E-state index >= 15 is 0 Å². The third-order valence-electron chi connectivity index (χ3n) is 2.46. The number of rotatable bonds is 4. The number of carbonyl (C=O) groups is 1. The van der Waals surface area contributed by atoms with E-state index in [0.29, 0.717) is 17.1 Å². The van der Waals surface area contributed by atoms with Crippen molar-refractivity contribution in [3.8, 4) is 6.07 Å². The van der Waals surface area contributed by atoms with E-state index in [1.165, 1.54) is 6.07 Å². The number of aromatic nitrogens is 1. The number of hydrogen-bond donors (Lipinski definition) is 2. The highest BCUT2D eigenvalue weighted by atomic mass is 16.4. The molecule has 2 heterocycles. The Morgan fingerprint density at radius 1 is 1.47 bits per heavy atom. The fraction of sp³-hybridized carbons (Fsp3) is 0.154. The van der Waals surface area contributed by atoms with Gasteiger partial charge >= 0.3 is 5.97 Å². The van der Waals surface area contributed by atoms with Crippen LogP contribution in [0.5, 0.6) is 0 Å². The summed E-state index contributed by atoms with van der Waals surface area (Å²) in [6.07, 6.45) is 0. The van der Waals surface area contributed by atoms with Gasteiger partial charge in [-0.25, -0.2) is 9.78 Å². The topological polar surface area (TPSA) is 99.2 Å². The fourth-order valence-corrected chi connectivity index (χ4v) is 1.54. The van der Waals surface area contributed by atoms with E-state index in [4.69, 9.17) is 14.8 Å². The number of nitrogens with zero attached hydrogens (tertiary/aromatic N) is 2. The number of hydrogen-bond acceptors (Lipinski definition) is 5. The zero-order valence-corrected chi connectivity index (χ0v) is 10.2. The van der Waals surface area contributed by atoms with Crippen molar-refractivity contribution >= 4 is 11.8 Å². The summed E-state index contributed by atoms with van der Waals surface area (Å²) in [4.78, 5) is 14.9. The largest absolute Gasteiger partial charge is 0.475 e. The first-order chi connectivity index (χ1) is 9.10. The Morgan fingerprint density at radius 3 is 2.89 bits per heavy atom. The molecule has 6 nitrogen and oxygen atoms in total. The maximum Gasteiger partial charge on any atom is 0.371 e.